The van der Waals surface area contributed by atoms with Crippen LogP contribution in [0.4, 0.5) is 36.8 Å². The molecule has 0 saturated heterocycles. The first-order chi connectivity index (χ1) is 11.4. The van der Waals surface area contributed by atoms with Crippen LogP contribution in [0.25, 0.3) is 11.4 Å². The Morgan fingerprint density at radius 2 is 1.68 bits per heavy atom. The summed E-state index contributed by atoms with van der Waals surface area (Å²) < 4.78 is 75.0. The molecule has 0 saturated carbocycles. The van der Waals surface area contributed by atoms with Crippen LogP contribution in [0.1, 0.15) is 0 Å². The predicted octanol–water partition coefficient (Wildman–Crippen LogP) is 4.05. The molecule has 0 radical (unpaired) electrons. The van der Waals surface area contributed by atoms with Crippen molar-refractivity contribution in [1.82, 2.24) is 25.5 Å². The molecule has 0 atom stereocenters. The number of carbonyl (C=O) groups is 1. The van der Waals surface area contributed by atoms with Gasteiger partial charge in [-0.3, -0.25) is 0 Å². The molecule has 2 N–H and O–H groups in total. The zero-order valence-electron chi connectivity index (χ0n) is 11.4. The average Bonchev–Trinajstić information content (AvgIpc) is 2.92. The van der Waals surface area contributed by atoms with Gasteiger partial charge >= 0.3 is 18.6 Å². The second-order valence-electron chi connectivity index (χ2n) is 4.25. The van der Waals surface area contributed by atoms with Crippen molar-refractivity contribution < 1.29 is 31.1 Å². The van der Waals surface area contributed by atoms with Crippen LogP contribution < -0.4 is 5.32 Å². The number of hydrogen-bond donors (Lipinski definition) is 2. The van der Waals surface area contributed by atoms with E-state index in [2.05, 4.69) is 20.6 Å². The second-order valence-corrected chi connectivity index (χ2v) is 5.06. The summed E-state index contributed by atoms with van der Waals surface area (Å²) in [5.41, 5.74) is -0.616. The lowest BCUT2D eigenvalue weighted by Gasteiger charge is -2.26. The van der Waals surface area contributed by atoms with Crippen LogP contribution >= 0.6 is 23.2 Å². The first kappa shape index (κ1) is 19.1. The highest BCUT2D eigenvalue weighted by molar-refractivity contribution is 6.38. The molecule has 7 nitrogen and oxygen atoms in total. The third-order valence-corrected chi connectivity index (χ3v) is 3.22. The lowest BCUT2D eigenvalue weighted by molar-refractivity contribution is -0.346. The Bertz CT molecular complexity index is 763. The number of rotatable bonds is 2. The summed E-state index contributed by atoms with van der Waals surface area (Å²) in [6.07, 6.45) is -12.0. The van der Waals surface area contributed by atoms with Gasteiger partial charge in [-0.1, -0.05) is 23.2 Å². The van der Waals surface area contributed by atoms with Crippen molar-refractivity contribution >= 4 is 34.9 Å². The Labute approximate surface area is 143 Å². The van der Waals surface area contributed by atoms with Crippen LogP contribution in [-0.4, -0.2) is 44.2 Å². The summed E-state index contributed by atoms with van der Waals surface area (Å²) in [6.45, 7) is 0. The van der Waals surface area contributed by atoms with E-state index in [-0.39, 0.29) is 16.4 Å². The van der Waals surface area contributed by atoms with Crippen LogP contribution in [0.3, 0.4) is 0 Å². The van der Waals surface area contributed by atoms with Gasteiger partial charge in [0.05, 0.1) is 15.7 Å². The van der Waals surface area contributed by atoms with Crippen LogP contribution in [0.2, 0.25) is 10.0 Å². The molecule has 1 aromatic heterocycles. The smallest absolute Gasteiger partial charge is 0.306 e. The summed E-state index contributed by atoms with van der Waals surface area (Å²) in [5.74, 6) is -0.124. The predicted molar refractivity (Wildman–Crippen MR) is 72.6 cm³/mol. The number of nitrogens with zero attached hydrogens (tertiary/aromatic N) is 4. The third-order valence-electron chi connectivity index (χ3n) is 2.59. The normalized spacial score (nSPS) is 12.2. The van der Waals surface area contributed by atoms with Gasteiger partial charge in [0.25, 0.3) is 0 Å². The SMILES string of the molecule is O=C(Nc1cc(-c2nn[nH]n2)c(Cl)cc1Cl)N(C(F)(F)F)C(F)(F)F. The molecule has 2 amide bonds. The lowest BCUT2D eigenvalue weighted by atomic mass is 10.2. The fourth-order valence-corrected chi connectivity index (χ4v) is 2.15. The molecule has 0 aliphatic heterocycles. The number of alkyl halides is 6. The van der Waals surface area contributed by atoms with E-state index in [0.717, 1.165) is 12.1 Å². The van der Waals surface area contributed by atoms with Gasteiger partial charge < -0.3 is 5.32 Å². The lowest BCUT2D eigenvalue weighted by Crippen LogP contribution is -2.53. The van der Waals surface area contributed by atoms with Gasteiger partial charge in [0.2, 0.25) is 5.82 Å². The number of H-pyrrole nitrogens is 1. The van der Waals surface area contributed by atoms with Gasteiger partial charge in [-0.15, -0.1) is 41.4 Å². The Hall–Kier alpha value is -2.28. The van der Waals surface area contributed by atoms with E-state index in [4.69, 9.17) is 23.2 Å². The molecule has 0 aliphatic carbocycles. The molecular formula is C10H4Cl2F6N6O. The minimum Gasteiger partial charge on any atom is -0.306 e. The minimum absolute atomic E-state index is 0.0410. The van der Waals surface area contributed by atoms with Gasteiger partial charge in [0, 0.05) is 5.56 Å². The van der Waals surface area contributed by atoms with Gasteiger partial charge in [0.15, 0.2) is 0 Å². The zero-order valence-corrected chi connectivity index (χ0v) is 12.9. The Morgan fingerprint density at radius 1 is 1.08 bits per heavy atom. The molecule has 136 valence electrons. The largest absolute Gasteiger partial charge is 0.495 e. The van der Waals surface area contributed by atoms with Crippen molar-refractivity contribution in [2.75, 3.05) is 5.32 Å². The highest BCUT2D eigenvalue weighted by Crippen LogP contribution is 2.37. The molecule has 2 aromatic rings. The van der Waals surface area contributed by atoms with Gasteiger partial charge in [-0.05, 0) is 17.3 Å². The zero-order chi connectivity index (χ0) is 19.0. The number of aromatic amines is 1. The van der Waals surface area contributed by atoms with E-state index in [1.807, 2.05) is 0 Å². The Balaban J connectivity index is 2.39. The Morgan fingerprint density at radius 3 is 2.16 bits per heavy atom. The monoisotopic (exact) mass is 408 g/mol. The molecule has 1 aromatic carbocycles. The van der Waals surface area contributed by atoms with Crippen molar-refractivity contribution in [1.29, 1.82) is 0 Å². The van der Waals surface area contributed by atoms with Crippen LogP contribution in [-0.2, 0) is 0 Å². The number of aromatic nitrogens is 4. The maximum atomic E-state index is 12.5. The summed E-state index contributed by atoms with van der Waals surface area (Å²) in [4.78, 5) is 9.24. The number of tetrazole rings is 1. The molecule has 1 heterocycles. The number of nitrogens with one attached hydrogen (secondary N) is 2. The maximum Gasteiger partial charge on any atom is 0.495 e. The number of urea groups is 1. The van der Waals surface area contributed by atoms with Crippen molar-refractivity contribution in [2.24, 2.45) is 0 Å². The summed E-state index contributed by atoms with van der Waals surface area (Å²) >= 11 is 11.5. The number of hydrogen-bond acceptors (Lipinski definition) is 4. The minimum atomic E-state index is -6.00. The van der Waals surface area contributed by atoms with E-state index in [1.54, 1.807) is 0 Å². The van der Waals surface area contributed by atoms with E-state index in [9.17, 15) is 31.1 Å². The van der Waals surface area contributed by atoms with Gasteiger partial charge in [-0.2, -0.15) is 5.21 Å². The quantitative estimate of drug-likeness (QED) is 0.579. The molecule has 0 spiro atoms. The van der Waals surface area contributed by atoms with Crippen LogP contribution in [0.15, 0.2) is 12.1 Å². The van der Waals surface area contributed by atoms with Crippen LogP contribution in [0.5, 0.6) is 0 Å². The highest BCUT2D eigenvalue weighted by atomic mass is 35.5. The summed E-state index contributed by atoms with van der Waals surface area (Å²) in [6, 6.07) is -0.628. The molecule has 0 bridgehead atoms. The Kier molecular flexibility index (Phi) is 4.99. The summed E-state index contributed by atoms with van der Waals surface area (Å²) in [7, 11) is 0. The summed E-state index contributed by atoms with van der Waals surface area (Å²) in [5, 5.41) is 13.3. The second kappa shape index (κ2) is 6.55. The maximum absolute atomic E-state index is 12.5. The van der Waals surface area contributed by atoms with E-state index >= 15 is 0 Å². The number of halogens is 8. The van der Waals surface area contributed by atoms with Gasteiger partial charge in [-0.25, -0.2) is 4.79 Å². The first-order valence-electron chi connectivity index (χ1n) is 5.89. The van der Waals surface area contributed by atoms with Crippen molar-refractivity contribution in [3.63, 3.8) is 0 Å². The topological polar surface area (TPSA) is 86.8 Å². The molecule has 0 fully saturated rings. The highest BCUT2D eigenvalue weighted by Gasteiger charge is 2.57. The molecule has 2 rings (SSSR count). The van der Waals surface area contributed by atoms with E-state index in [1.165, 1.54) is 5.32 Å². The molecule has 25 heavy (non-hydrogen) atoms. The average molecular weight is 409 g/mol. The molecule has 15 heteroatoms. The molecule has 0 aliphatic rings. The van der Waals surface area contributed by atoms with Gasteiger partial charge in [0.1, 0.15) is 0 Å². The van der Waals surface area contributed by atoms with Crippen molar-refractivity contribution in [2.45, 2.75) is 12.6 Å². The third kappa shape index (κ3) is 4.22. The standard InChI is InChI=1S/C10H4Cl2F6N6O/c11-4-2-5(12)6(1-3(4)7-20-22-23-21-7)19-8(25)24(9(13,14)15)10(16,17)18/h1-2H,(H,19,25)(H,20,21,22,23). The number of benzene rings is 1. The van der Waals surface area contributed by atoms with Crippen molar-refractivity contribution in [3.8, 4) is 11.4 Å². The molecular weight excluding hydrogens is 405 g/mol. The van der Waals surface area contributed by atoms with Crippen molar-refractivity contribution in [3.05, 3.63) is 22.2 Å². The number of amides is 2. The number of anilines is 1. The van der Waals surface area contributed by atoms with Crippen LogP contribution in [0, 0.1) is 0 Å². The first-order valence-corrected chi connectivity index (χ1v) is 6.64. The fraction of sp³-hybridized carbons (Fsp3) is 0.200. The number of carbonyl (C=O) groups excluding carboxylic acids is 1. The fourth-order valence-electron chi connectivity index (χ4n) is 1.64. The van der Waals surface area contributed by atoms with E-state index < -0.39 is 34.2 Å². The molecule has 0 unspecified atom stereocenters. The van der Waals surface area contributed by atoms with E-state index in [0.29, 0.717) is 0 Å².